The van der Waals surface area contributed by atoms with Crippen molar-refractivity contribution in [3.05, 3.63) is 6.20 Å². The highest BCUT2D eigenvalue weighted by atomic mass is 32.2. The number of hydrogen-bond acceptors (Lipinski definition) is 4. The van der Waals surface area contributed by atoms with Crippen molar-refractivity contribution in [1.82, 2.24) is 14.5 Å². The van der Waals surface area contributed by atoms with Crippen LogP contribution in [0.3, 0.4) is 0 Å². The van der Waals surface area contributed by atoms with E-state index in [2.05, 4.69) is 21.7 Å². The van der Waals surface area contributed by atoms with Crippen LogP contribution in [0.15, 0.2) is 11.1 Å². The molecule has 0 atom stereocenters. The van der Waals surface area contributed by atoms with E-state index < -0.39 is 10.0 Å². The number of nitrogens with zero attached hydrogens (tertiary/aromatic N) is 2. The van der Waals surface area contributed by atoms with Crippen LogP contribution in [0.2, 0.25) is 0 Å². The third kappa shape index (κ3) is 3.75. The molecule has 0 bridgehead atoms. The van der Waals surface area contributed by atoms with E-state index in [1.54, 1.807) is 6.92 Å². The summed E-state index contributed by atoms with van der Waals surface area (Å²) in [4.78, 5) is 0.0282. The second-order valence-electron chi connectivity index (χ2n) is 3.72. The van der Waals surface area contributed by atoms with Gasteiger partial charge < -0.3 is 5.73 Å². The van der Waals surface area contributed by atoms with Gasteiger partial charge in [-0.1, -0.05) is 6.92 Å². The maximum absolute atomic E-state index is 11.9. The van der Waals surface area contributed by atoms with E-state index in [-0.39, 0.29) is 17.3 Å². The van der Waals surface area contributed by atoms with Crippen molar-refractivity contribution in [2.75, 3.05) is 12.3 Å². The van der Waals surface area contributed by atoms with Gasteiger partial charge in [-0.05, 0) is 13.3 Å². The minimum Gasteiger partial charge on any atom is -0.381 e. The standard InChI is InChI=1S/C11H18N4O2S/c1-3-5-6-7-13-18(16,17)10-9-15(8-4-2)14-11(10)12/h9,13H,4,6-8H2,1-2H3,(H2,12,14). The Labute approximate surface area is 108 Å². The van der Waals surface area contributed by atoms with Gasteiger partial charge >= 0.3 is 0 Å². The van der Waals surface area contributed by atoms with Crippen LogP contribution < -0.4 is 10.5 Å². The molecule has 0 aromatic carbocycles. The Morgan fingerprint density at radius 2 is 2.28 bits per heavy atom. The minimum atomic E-state index is -3.60. The summed E-state index contributed by atoms with van der Waals surface area (Å²) in [5.74, 6) is 5.51. The minimum absolute atomic E-state index is 0.0255. The van der Waals surface area contributed by atoms with E-state index in [0.717, 1.165) is 6.42 Å². The maximum atomic E-state index is 11.9. The first kappa shape index (κ1) is 14.5. The molecule has 0 aliphatic carbocycles. The second-order valence-corrected chi connectivity index (χ2v) is 5.45. The number of anilines is 1. The van der Waals surface area contributed by atoms with Crippen LogP contribution in [0.25, 0.3) is 0 Å². The van der Waals surface area contributed by atoms with Gasteiger partial charge in [0.1, 0.15) is 4.90 Å². The number of rotatable bonds is 6. The summed E-state index contributed by atoms with van der Waals surface area (Å²) in [7, 11) is -3.60. The highest BCUT2D eigenvalue weighted by molar-refractivity contribution is 7.89. The molecule has 3 N–H and O–H groups in total. The van der Waals surface area contributed by atoms with Crippen LogP contribution in [-0.2, 0) is 16.6 Å². The lowest BCUT2D eigenvalue weighted by molar-refractivity contribution is 0.580. The highest BCUT2D eigenvalue weighted by Crippen LogP contribution is 2.15. The average molecular weight is 270 g/mol. The van der Waals surface area contributed by atoms with Crippen molar-refractivity contribution in [2.45, 2.75) is 38.1 Å². The van der Waals surface area contributed by atoms with Crippen LogP contribution in [0, 0.1) is 11.8 Å². The third-order valence-corrected chi connectivity index (χ3v) is 3.69. The van der Waals surface area contributed by atoms with Gasteiger partial charge in [-0.3, -0.25) is 4.68 Å². The monoisotopic (exact) mass is 270 g/mol. The molecule has 1 aromatic heterocycles. The van der Waals surface area contributed by atoms with E-state index in [9.17, 15) is 8.42 Å². The molecule has 0 radical (unpaired) electrons. The van der Waals surface area contributed by atoms with Gasteiger partial charge in [0.15, 0.2) is 5.82 Å². The molecule has 0 saturated carbocycles. The van der Waals surface area contributed by atoms with Crippen molar-refractivity contribution in [3.63, 3.8) is 0 Å². The molecule has 0 unspecified atom stereocenters. The largest absolute Gasteiger partial charge is 0.381 e. The summed E-state index contributed by atoms with van der Waals surface area (Å²) in [5, 5.41) is 3.96. The van der Waals surface area contributed by atoms with Crippen molar-refractivity contribution < 1.29 is 8.42 Å². The fourth-order valence-corrected chi connectivity index (χ4v) is 2.52. The van der Waals surface area contributed by atoms with Crippen LogP contribution in [0.5, 0.6) is 0 Å². The number of aromatic nitrogens is 2. The van der Waals surface area contributed by atoms with Gasteiger partial charge in [0, 0.05) is 25.7 Å². The van der Waals surface area contributed by atoms with Gasteiger partial charge in [0.05, 0.1) is 0 Å². The predicted molar refractivity (Wildman–Crippen MR) is 70.2 cm³/mol. The van der Waals surface area contributed by atoms with Gasteiger partial charge in [-0.25, -0.2) is 13.1 Å². The van der Waals surface area contributed by atoms with Crippen LogP contribution >= 0.6 is 0 Å². The summed E-state index contributed by atoms with van der Waals surface area (Å²) in [6.07, 6.45) is 2.78. The van der Waals surface area contributed by atoms with E-state index in [1.807, 2.05) is 6.92 Å². The lowest BCUT2D eigenvalue weighted by atomic mass is 10.4. The number of nitrogens with two attached hydrogens (primary N) is 1. The van der Waals surface area contributed by atoms with Crippen molar-refractivity contribution in [1.29, 1.82) is 0 Å². The molecule has 0 amide bonds. The predicted octanol–water partition coefficient (Wildman–Crippen LogP) is 0.567. The topological polar surface area (TPSA) is 90.0 Å². The Morgan fingerprint density at radius 3 is 2.89 bits per heavy atom. The van der Waals surface area contributed by atoms with Gasteiger partial charge in [-0.15, -0.1) is 11.8 Å². The fraction of sp³-hybridized carbons (Fsp3) is 0.545. The zero-order chi connectivity index (χ0) is 13.6. The molecule has 1 heterocycles. The molecule has 0 aliphatic rings. The quantitative estimate of drug-likeness (QED) is 0.584. The van der Waals surface area contributed by atoms with Crippen molar-refractivity contribution in [2.24, 2.45) is 0 Å². The van der Waals surface area contributed by atoms with E-state index >= 15 is 0 Å². The number of nitrogen functional groups attached to an aromatic ring is 1. The molecule has 1 aromatic rings. The lowest BCUT2D eigenvalue weighted by Crippen LogP contribution is -2.25. The van der Waals surface area contributed by atoms with E-state index in [0.29, 0.717) is 13.0 Å². The van der Waals surface area contributed by atoms with E-state index in [1.165, 1.54) is 10.9 Å². The molecule has 18 heavy (non-hydrogen) atoms. The Balaban J connectivity index is 2.79. The molecule has 1 rings (SSSR count). The van der Waals surface area contributed by atoms with Crippen molar-refractivity contribution >= 4 is 15.8 Å². The van der Waals surface area contributed by atoms with Crippen LogP contribution in [-0.4, -0.2) is 24.7 Å². The normalized spacial score (nSPS) is 11.0. The van der Waals surface area contributed by atoms with Gasteiger partial charge in [-0.2, -0.15) is 5.10 Å². The molecule has 100 valence electrons. The first-order valence-electron chi connectivity index (χ1n) is 5.73. The van der Waals surface area contributed by atoms with Crippen LogP contribution in [0.4, 0.5) is 5.82 Å². The Kier molecular flexibility index (Phi) is 5.19. The molecule has 0 fully saturated rings. The summed E-state index contributed by atoms with van der Waals surface area (Å²) in [6.45, 7) is 4.59. The molecular formula is C11H18N4O2S. The molecule has 0 aliphatic heterocycles. The third-order valence-electron chi connectivity index (χ3n) is 2.22. The highest BCUT2D eigenvalue weighted by Gasteiger charge is 2.20. The Hall–Kier alpha value is -1.52. The number of aryl methyl sites for hydroxylation is 1. The summed E-state index contributed by atoms with van der Waals surface area (Å²) < 4.78 is 27.9. The van der Waals surface area contributed by atoms with Crippen LogP contribution in [0.1, 0.15) is 26.7 Å². The zero-order valence-electron chi connectivity index (χ0n) is 10.6. The Bertz CT molecular complexity index is 551. The molecule has 7 heteroatoms. The van der Waals surface area contributed by atoms with Gasteiger partial charge in [0.2, 0.25) is 10.0 Å². The average Bonchev–Trinajstić information content (AvgIpc) is 2.67. The molecule has 6 nitrogen and oxygen atoms in total. The molecular weight excluding hydrogens is 252 g/mol. The Morgan fingerprint density at radius 1 is 1.56 bits per heavy atom. The maximum Gasteiger partial charge on any atom is 0.245 e. The first-order chi connectivity index (χ1) is 8.51. The number of nitrogens with one attached hydrogen (secondary N) is 1. The number of sulfonamides is 1. The SMILES string of the molecule is CC#CCCNS(=O)(=O)c1cn(CCC)nc1N. The molecule has 0 spiro atoms. The van der Waals surface area contributed by atoms with E-state index in [4.69, 9.17) is 5.73 Å². The zero-order valence-corrected chi connectivity index (χ0v) is 11.4. The summed E-state index contributed by atoms with van der Waals surface area (Å²) >= 11 is 0. The second kappa shape index (κ2) is 6.42. The summed E-state index contributed by atoms with van der Waals surface area (Å²) in [6, 6.07) is 0. The van der Waals surface area contributed by atoms with Crippen molar-refractivity contribution in [3.8, 4) is 11.8 Å². The number of hydrogen-bond donors (Lipinski definition) is 2. The molecule has 0 saturated heterocycles. The summed E-state index contributed by atoms with van der Waals surface area (Å²) in [5.41, 5.74) is 5.61. The fourth-order valence-electron chi connectivity index (χ4n) is 1.42. The first-order valence-corrected chi connectivity index (χ1v) is 7.21. The van der Waals surface area contributed by atoms with Gasteiger partial charge in [0.25, 0.3) is 0 Å². The lowest BCUT2D eigenvalue weighted by Gasteiger charge is -2.02. The smallest absolute Gasteiger partial charge is 0.245 e.